The summed E-state index contributed by atoms with van der Waals surface area (Å²) in [4.78, 5) is 12.2. The molecule has 1 heterocycles. The summed E-state index contributed by atoms with van der Waals surface area (Å²) in [5.41, 5.74) is 2.23. The molecule has 6 nitrogen and oxygen atoms in total. The molecule has 0 bridgehead atoms. The van der Waals surface area contributed by atoms with Crippen LogP contribution in [0.1, 0.15) is 27.2 Å². The van der Waals surface area contributed by atoms with Gasteiger partial charge in [0.15, 0.2) is 5.96 Å². The van der Waals surface area contributed by atoms with Crippen molar-refractivity contribution < 1.29 is 4.74 Å². The number of nitrogens with one attached hydrogen (secondary N) is 2. The second-order valence-corrected chi connectivity index (χ2v) is 7.56. The molecular weight excluding hydrogens is 473 g/mol. The summed E-state index contributed by atoms with van der Waals surface area (Å²) in [6.45, 7) is 5.51. The van der Waals surface area contributed by atoms with Gasteiger partial charge in [-0.1, -0.05) is 18.2 Å². The first-order valence-corrected chi connectivity index (χ1v) is 9.44. The molecule has 0 saturated carbocycles. The van der Waals surface area contributed by atoms with Gasteiger partial charge in [0.1, 0.15) is 5.75 Å². The lowest BCUT2D eigenvalue weighted by Gasteiger charge is -2.27. The number of thiazole rings is 1. The predicted molar refractivity (Wildman–Crippen MR) is 125 cm³/mol. The number of ether oxygens (including phenoxy) is 1. The molecular formula is C19H30IN5OS. The highest BCUT2D eigenvalue weighted by Gasteiger charge is 2.18. The summed E-state index contributed by atoms with van der Waals surface area (Å²) in [6.07, 6.45) is 0. The highest BCUT2D eigenvalue weighted by molar-refractivity contribution is 14.0. The minimum Gasteiger partial charge on any atom is -0.496 e. The fraction of sp³-hybridized carbons (Fsp3) is 0.474. The second-order valence-electron chi connectivity index (χ2n) is 6.27. The molecule has 0 amide bonds. The molecule has 1 aromatic carbocycles. The van der Waals surface area contributed by atoms with Crippen LogP contribution in [0.5, 0.6) is 5.75 Å². The summed E-state index contributed by atoms with van der Waals surface area (Å²) >= 11 is 1.72. The van der Waals surface area contributed by atoms with Crippen LogP contribution in [-0.4, -0.2) is 50.6 Å². The topological polar surface area (TPSA) is 61.8 Å². The largest absolute Gasteiger partial charge is 0.496 e. The number of methoxy groups -OCH3 is 1. The number of para-hydroxylation sites is 1. The number of likely N-dealkylation sites (N-methyl/N-ethyl adjacent to an activating group) is 1. The van der Waals surface area contributed by atoms with Crippen LogP contribution in [0.25, 0.3) is 0 Å². The second kappa shape index (κ2) is 11.5. The third-order valence-corrected chi connectivity index (χ3v) is 5.30. The van der Waals surface area contributed by atoms with Crippen molar-refractivity contribution in [3.05, 3.63) is 45.4 Å². The number of guanidine groups is 1. The van der Waals surface area contributed by atoms with Crippen LogP contribution >= 0.6 is 35.3 Å². The molecule has 27 heavy (non-hydrogen) atoms. The quantitative estimate of drug-likeness (QED) is 0.345. The lowest BCUT2D eigenvalue weighted by molar-refractivity contribution is 0.287. The molecule has 0 aliphatic heterocycles. The predicted octanol–water partition coefficient (Wildman–Crippen LogP) is 3.35. The SMILES string of the molecule is CN=C(NCc1sc(C)nc1C)NCC(c1ccccc1OC)N(C)C.I. The Labute approximate surface area is 183 Å². The number of aryl methyl sites for hydroxylation is 2. The number of rotatable bonds is 7. The molecule has 1 atom stereocenters. The van der Waals surface area contributed by atoms with Crippen molar-refractivity contribution in [3.63, 3.8) is 0 Å². The minimum absolute atomic E-state index is 0. The molecule has 2 rings (SSSR count). The number of nitrogens with zero attached hydrogens (tertiary/aromatic N) is 3. The fourth-order valence-corrected chi connectivity index (χ4v) is 3.70. The van der Waals surface area contributed by atoms with Gasteiger partial charge in [0.05, 0.1) is 30.4 Å². The van der Waals surface area contributed by atoms with Crippen molar-refractivity contribution in [1.82, 2.24) is 20.5 Å². The van der Waals surface area contributed by atoms with E-state index in [1.807, 2.05) is 32.0 Å². The van der Waals surface area contributed by atoms with E-state index in [1.165, 1.54) is 4.88 Å². The standard InChI is InChI=1S/C19H29N5OS.HI/c1-13-18(26-14(2)23-13)12-22-19(20-3)21-11-16(24(4)5)15-9-7-8-10-17(15)25-6;/h7-10,16H,11-12H2,1-6H3,(H2,20,21,22);1H. The third-order valence-electron chi connectivity index (χ3n) is 4.22. The Morgan fingerprint density at radius 2 is 1.96 bits per heavy atom. The van der Waals surface area contributed by atoms with E-state index in [1.54, 1.807) is 25.5 Å². The Kier molecular flexibility index (Phi) is 10.0. The maximum absolute atomic E-state index is 5.52. The molecule has 1 aromatic heterocycles. The first kappa shape index (κ1) is 23.6. The van der Waals surface area contributed by atoms with Crippen molar-refractivity contribution in [2.45, 2.75) is 26.4 Å². The highest BCUT2D eigenvalue weighted by Crippen LogP contribution is 2.27. The van der Waals surface area contributed by atoms with Gasteiger partial charge in [-0.3, -0.25) is 4.99 Å². The van der Waals surface area contributed by atoms with Crippen molar-refractivity contribution >= 4 is 41.3 Å². The fourth-order valence-electron chi connectivity index (χ4n) is 2.83. The van der Waals surface area contributed by atoms with Gasteiger partial charge in [-0.05, 0) is 34.0 Å². The van der Waals surface area contributed by atoms with Crippen molar-refractivity contribution in [2.75, 3.05) is 34.8 Å². The van der Waals surface area contributed by atoms with Gasteiger partial charge < -0.3 is 20.3 Å². The molecule has 8 heteroatoms. The van der Waals surface area contributed by atoms with Gasteiger partial charge in [-0.15, -0.1) is 35.3 Å². The first-order valence-electron chi connectivity index (χ1n) is 8.63. The molecule has 0 spiro atoms. The summed E-state index contributed by atoms with van der Waals surface area (Å²) in [7, 11) is 7.63. The first-order chi connectivity index (χ1) is 12.5. The van der Waals surface area contributed by atoms with E-state index >= 15 is 0 Å². The van der Waals surface area contributed by atoms with E-state index in [0.29, 0.717) is 6.54 Å². The van der Waals surface area contributed by atoms with Crippen LogP contribution in [0.3, 0.4) is 0 Å². The van der Waals surface area contributed by atoms with Crippen molar-refractivity contribution in [1.29, 1.82) is 0 Å². The zero-order valence-corrected chi connectivity index (χ0v) is 20.0. The number of benzene rings is 1. The Balaban J connectivity index is 0.00000364. The monoisotopic (exact) mass is 503 g/mol. The molecule has 0 radical (unpaired) electrons. The number of hydrogen-bond acceptors (Lipinski definition) is 5. The van der Waals surface area contributed by atoms with Crippen LogP contribution in [-0.2, 0) is 6.54 Å². The summed E-state index contributed by atoms with van der Waals surface area (Å²) in [6, 6.07) is 8.29. The third kappa shape index (κ3) is 6.62. The molecule has 2 aromatic rings. The highest BCUT2D eigenvalue weighted by atomic mass is 127. The summed E-state index contributed by atoms with van der Waals surface area (Å²) in [5.74, 6) is 1.67. The molecule has 1 unspecified atom stereocenters. The Hall–Kier alpha value is -1.39. The van der Waals surface area contributed by atoms with E-state index in [2.05, 4.69) is 45.7 Å². The van der Waals surface area contributed by atoms with Crippen LogP contribution in [0, 0.1) is 13.8 Å². The smallest absolute Gasteiger partial charge is 0.191 e. The van der Waals surface area contributed by atoms with Gasteiger partial charge >= 0.3 is 0 Å². The normalized spacial score (nSPS) is 12.5. The number of aromatic nitrogens is 1. The Morgan fingerprint density at radius 3 is 2.52 bits per heavy atom. The molecule has 0 aliphatic rings. The number of aliphatic imine (C=N–C) groups is 1. The van der Waals surface area contributed by atoms with E-state index in [0.717, 1.165) is 34.5 Å². The summed E-state index contributed by atoms with van der Waals surface area (Å²) in [5, 5.41) is 7.89. The van der Waals surface area contributed by atoms with Crippen LogP contribution in [0.15, 0.2) is 29.3 Å². The maximum atomic E-state index is 5.52. The van der Waals surface area contributed by atoms with E-state index < -0.39 is 0 Å². The summed E-state index contributed by atoms with van der Waals surface area (Å²) < 4.78 is 5.52. The van der Waals surface area contributed by atoms with Crippen LogP contribution < -0.4 is 15.4 Å². The van der Waals surface area contributed by atoms with E-state index in [4.69, 9.17) is 4.74 Å². The van der Waals surface area contributed by atoms with Gasteiger partial charge in [0.2, 0.25) is 0 Å². The molecule has 0 aliphatic carbocycles. The van der Waals surface area contributed by atoms with Crippen LogP contribution in [0.4, 0.5) is 0 Å². The number of hydrogen-bond donors (Lipinski definition) is 2. The van der Waals surface area contributed by atoms with E-state index in [9.17, 15) is 0 Å². The Bertz CT molecular complexity index is 747. The van der Waals surface area contributed by atoms with Gasteiger partial charge in [0.25, 0.3) is 0 Å². The molecule has 150 valence electrons. The maximum Gasteiger partial charge on any atom is 0.191 e. The van der Waals surface area contributed by atoms with E-state index in [-0.39, 0.29) is 30.0 Å². The van der Waals surface area contributed by atoms with Crippen molar-refractivity contribution in [3.8, 4) is 5.75 Å². The average Bonchev–Trinajstić information content (AvgIpc) is 2.95. The molecule has 0 saturated heterocycles. The molecule has 0 fully saturated rings. The number of halogens is 1. The minimum atomic E-state index is 0. The molecule has 2 N–H and O–H groups in total. The van der Waals surface area contributed by atoms with Gasteiger partial charge in [-0.25, -0.2) is 4.98 Å². The Morgan fingerprint density at radius 1 is 1.26 bits per heavy atom. The van der Waals surface area contributed by atoms with Gasteiger partial charge in [-0.2, -0.15) is 0 Å². The average molecular weight is 503 g/mol. The van der Waals surface area contributed by atoms with Gasteiger partial charge in [0, 0.05) is 24.0 Å². The van der Waals surface area contributed by atoms with Crippen molar-refractivity contribution in [2.24, 2.45) is 4.99 Å². The lowest BCUT2D eigenvalue weighted by atomic mass is 10.0. The zero-order chi connectivity index (χ0) is 19.1. The zero-order valence-electron chi connectivity index (χ0n) is 16.9. The lowest BCUT2D eigenvalue weighted by Crippen LogP contribution is -2.41. The van der Waals surface area contributed by atoms with Crippen LogP contribution in [0.2, 0.25) is 0 Å².